The Balaban J connectivity index is 2.00. The maximum atomic E-state index is 13.6. The van der Waals surface area contributed by atoms with Gasteiger partial charge < -0.3 is 14.6 Å². The first-order chi connectivity index (χ1) is 21.0. The van der Waals surface area contributed by atoms with Crippen LogP contribution in [-0.2, 0) is 4.79 Å². The molecule has 1 N–H and O–H groups in total. The minimum absolute atomic E-state index is 0.161. The van der Waals surface area contributed by atoms with Gasteiger partial charge >= 0.3 is 5.97 Å². The number of rotatable bonds is 24. The Morgan fingerprint density at radius 1 is 0.558 bits per heavy atom. The van der Waals surface area contributed by atoms with Crippen LogP contribution in [0.15, 0.2) is 48.5 Å². The van der Waals surface area contributed by atoms with Crippen molar-refractivity contribution in [3.05, 3.63) is 59.7 Å². The van der Waals surface area contributed by atoms with Gasteiger partial charge in [0.2, 0.25) is 0 Å². The Labute approximate surface area is 259 Å². The molecule has 7 nitrogen and oxygen atoms in total. The molecule has 2 rings (SSSR count). The summed E-state index contributed by atoms with van der Waals surface area (Å²) in [6.45, 7) is 4.55. The number of benzene rings is 2. The molecule has 0 heterocycles. The van der Waals surface area contributed by atoms with Crippen molar-refractivity contribution in [2.24, 2.45) is 0 Å². The van der Waals surface area contributed by atoms with Crippen LogP contribution in [-0.4, -0.2) is 47.5 Å². The van der Waals surface area contributed by atoms with Gasteiger partial charge in [-0.3, -0.25) is 19.3 Å². The summed E-state index contributed by atoms with van der Waals surface area (Å²) in [6.07, 6.45) is 18.6. The first-order valence-corrected chi connectivity index (χ1v) is 16.5. The lowest BCUT2D eigenvalue weighted by atomic mass is 10.1. The third-order valence-corrected chi connectivity index (χ3v) is 7.53. The molecule has 2 aromatic carbocycles. The monoisotopic (exact) mass is 595 g/mol. The second kappa shape index (κ2) is 22.2. The normalized spacial score (nSPS) is 10.8. The van der Waals surface area contributed by atoms with E-state index in [-0.39, 0.29) is 11.1 Å². The van der Waals surface area contributed by atoms with Crippen LogP contribution in [0, 0.1) is 0 Å². The largest absolute Gasteiger partial charge is 0.493 e. The van der Waals surface area contributed by atoms with E-state index < -0.39 is 24.3 Å². The second-order valence-electron chi connectivity index (χ2n) is 11.2. The zero-order chi connectivity index (χ0) is 31.1. The van der Waals surface area contributed by atoms with Crippen molar-refractivity contribution < 1.29 is 29.0 Å². The SMILES string of the molecule is CCCCCCCCCCOc1ccccc1C(=O)N(CC(=O)O)C(=O)c1ccccc1OCCCCCCCCCC. The molecule has 0 unspecified atom stereocenters. The van der Waals surface area contributed by atoms with Gasteiger partial charge in [0.25, 0.3) is 11.8 Å². The number of carboxylic acids is 1. The molecule has 0 aliphatic rings. The highest BCUT2D eigenvalue weighted by atomic mass is 16.5. The van der Waals surface area contributed by atoms with E-state index in [4.69, 9.17) is 9.47 Å². The number of unbranched alkanes of at least 4 members (excludes halogenated alkanes) is 14. The Hall–Kier alpha value is -3.35. The van der Waals surface area contributed by atoms with Gasteiger partial charge in [0.1, 0.15) is 18.0 Å². The summed E-state index contributed by atoms with van der Waals surface area (Å²) < 4.78 is 11.9. The summed E-state index contributed by atoms with van der Waals surface area (Å²) >= 11 is 0. The van der Waals surface area contributed by atoms with Gasteiger partial charge in [-0.05, 0) is 37.1 Å². The van der Waals surface area contributed by atoms with Crippen LogP contribution in [0.2, 0.25) is 0 Å². The zero-order valence-corrected chi connectivity index (χ0v) is 26.5. The molecular weight excluding hydrogens is 542 g/mol. The van der Waals surface area contributed by atoms with Crippen LogP contribution in [0.5, 0.6) is 11.5 Å². The Morgan fingerprint density at radius 3 is 1.28 bits per heavy atom. The number of carbonyl (C=O) groups excluding carboxylic acids is 2. The van der Waals surface area contributed by atoms with Crippen molar-refractivity contribution in [1.82, 2.24) is 4.90 Å². The number of aliphatic carboxylic acids is 1. The summed E-state index contributed by atoms with van der Waals surface area (Å²) in [6, 6.07) is 13.4. The highest BCUT2D eigenvalue weighted by molar-refractivity contribution is 6.13. The van der Waals surface area contributed by atoms with Crippen molar-refractivity contribution in [3.63, 3.8) is 0 Å². The summed E-state index contributed by atoms with van der Waals surface area (Å²) in [7, 11) is 0. The minimum Gasteiger partial charge on any atom is -0.493 e. The molecule has 0 aliphatic carbocycles. The lowest BCUT2D eigenvalue weighted by molar-refractivity contribution is -0.137. The van der Waals surface area contributed by atoms with E-state index in [2.05, 4.69) is 13.8 Å². The number of amides is 2. The number of imide groups is 1. The number of para-hydroxylation sites is 2. The van der Waals surface area contributed by atoms with Crippen molar-refractivity contribution in [2.75, 3.05) is 19.8 Å². The fraction of sp³-hybridized carbons (Fsp3) is 0.583. The molecule has 0 spiro atoms. The van der Waals surface area contributed by atoms with Gasteiger partial charge in [0.15, 0.2) is 0 Å². The Bertz CT molecular complexity index is 1010. The molecule has 0 saturated carbocycles. The number of ether oxygens (including phenoxy) is 2. The number of hydrogen-bond donors (Lipinski definition) is 1. The molecule has 2 amide bonds. The van der Waals surface area contributed by atoms with Crippen molar-refractivity contribution in [3.8, 4) is 11.5 Å². The molecule has 2 aromatic rings. The fourth-order valence-electron chi connectivity index (χ4n) is 5.04. The van der Waals surface area contributed by atoms with E-state index in [9.17, 15) is 19.5 Å². The van der Waals surface area contributed by atoms with Gasteiger partial charge in [0.05, 0.1) is 24.3 Å². The van der Waals surface area contributed by atoms with Crippen LogP contribution >= 0.6 is 0 Å². The Kier molecular flexibility index (Phi) is 18.5. The fourth-order valence-corrected chi connectivity index (χ4v) is 5.04. The van der Waals surface area contributed by atoms with Crippen molar-refractivity contribution >= 4 is 17.8 Å². The maximum Gasteiger partial charge on any atom is 0.323 e. The van der Waals surface area contributed by atoms with Crippen LogP contribution in [0.4, 0.5) is 0 Å². The third-order valence-electron chi connectivity index (χ3n) is 7.53. The number of nitrogens with zero attached hydrogens (tertiary/aromatic N) is 1. The first-order valence-electron chi connectivity index (χ1n) is 16.5. The molecule has 7 heteroatoms. The van der Waals surface area contributed by atoms with E-state index in [1.807, 2.05) is 0 Å². The quantitative estimate of drug-likeness (QED) is 0.0961. The van der Waals surface area contributed by atoms with Crippen LogP contribution in [0.25, 0.3) is 0 Å². The molecule has 0 atom stereocenters. The summed E-state index contributed by atoms with van der Waals surface area (Å²) in [5.74, 6) is -2.01. The van der Waals surface area contributed by atoms with Crippen LogP contribution in [0.1, 0.15) is 137 Å². The maximum absolute atomic E-state index is 13.6. The van der Waals surface area contributed by atoms with Gasteiger partial charge in [-0.1, -0.05) is 128 Å². The van der Waals surface area contributed by atoms with Gasteiger partial charge in [-0.15, -0.1) is 0 Å². The van der Waals surface area contributed by atoms with Gasteiger partial charge in [0, 0.05) is 0 Å². The molecular formula is C36H53NO6. The average Bonchev–Trinajstić information content (AvgIpc) is 3.01. The van der Waals surface area contributed by atoms with E-state index in [1.165, 1.54) is 64.2 Å². The average molecular weight is 596 g/mol. The van der Waals surface area contributed by atoms with Crippen molar-refractivity contribution in [2.45, 2.75) is 117 Å². The van der Waals surface area contributed by atoms with Gasteiger partial charge in [-0.2, -0.15) is 0 Å². The van der Waals surface area contributed by atoms with E-state index in [0.29, 0.717) is 24.7 Å². The predicted octanol–water partition coefficient (Wildman–Crippen LogP) is 9.09. The number of carbonyl (C=O) groups is 3. The standard InChI is InChI=1S/C36H53NO6/c1-3-5-7-9-11-13-15-21-27-42-32-25-19-17-23-30(32)35(40)37(29-34(38)39)36(41)31-24-18-20-26-33(31)43-28-22-16-14-12-10-8-6-4-2/h17-20,23-26H,3-16,21-22,27-29H2,1-2H3,(H,38,39). The third kappa shape index (κ3) is 14.1. The van der Waals surface area contributed by atoms with E-state index in [1.54, 1.807) is 48.5 Å². The number of carboxylic acid groups (broad SMARTS) is 1. The highest BCUT2D eigenvalue weighted by Crippen LogP contribution is 2.25. The van der Waals surface area contributed by atoms with Crippen LogP contribution in [0.3, 0.4) is 0 Å². The van der Waals surface area contributed by atoms with Crippen molar-refractivity contribution in [1.29, 1.82) is 0 Å². The second-order valence-corrected chi connectivity index (χ2v) is 11.2. The molecule has 238 valence electrons. The predicted molar refractivity (Wildman–Crippen MR) is 172 cm³/mol. The summed E-state index contributed by atoms with van der Waals surface area (Å²) in [5.41, 5.74) is 0.322. The lowest BCUT2D eigenvalue weighted by Crippen LogP contribution is -2.41. The topological polar surface area (TPSA) is 93.1 Å². The molecule has 0 aromatic heterocycles. The number of hydrogen-bond acceptors (Lipinski definition) is 5. The molecule has 0 aliphatic heterocycles. The Morgan fingerprint density at radius 2 is 0.907 bits per heavy atom. The lowest BCUT2D eigenvalue weighted by Gasteiger charge is -2.22. The molecule has 0 radical (unpaired) electrons. The highest BCUT2D eigenvalue weighted by Gasteiger charge is 2.30. The first kappa shape index (κ1) is 35.8. The molecule has 0 bridgehead atoms. The minimum atomic E-state index is -1.28. The van der Waals surface area contributed by atoms with Crippen LogP contribution < -0.4 is 9.47 Å². The van der Waals surface area contributed by atoms with E-state index in [0.717, 1.165) is 43.4 Å². The van der Waals surface area contributed by atoms with Gasteiger partial charge in [-0.25, -0.2) is 0 Å². The molecule has 43 heavy (non-hydrogen) atoms. The van der Waals surface area contributed by atoms with E-state index >= 15 is 0 Å². The molecule has 0 fully saturated rings. The smallest absolute Gasteiger partial charge is 0.323 e. The summed E-state index contributed by atoms with van der Waals surface area (Å²) in [5, 5.41) is 9.59. The molecule has 0 saturated heterocycles. The summed E-state index contributed by atoms with van der Waals surface area (Å²) in [4.78, 5) is 39.8. The zero-order valence-electron chi connectivity index (χ0n) is 26.5.